The number of alkyl halides is 1. The number of hydrogen-bond donors (Lipinski definition) is 1. The van der Waals surface area contributed by atoms with Crippen molar-refractivity contribution in [3.05, 3.63) is 73.0 Å². The summed E-state index contributed by atoms with van der Waals surface area (Å²) in [7, 11) is 0. The van der Waals surface area contributed by atoms with Gasteiger partial charge >= 0.3 is 16.9 Å². The Kier molecular flexibility index (Phi) is 5.47. The fourth-order valence-electron chi connectivity index (χ4n) is 2.98. The third-order valence-electron chi connectivity index (χ3n) is 4.41. The molecule has 0 bridgehead atoms. The van der Waals surface area contributed by atoms with E-state index in [4.69, 9.17) is 9.47 Å². The summed E-state index contributed by atoms with van der Waals surface area (Å²) in [5.41, 5.74) is -3.05. The zero-order valence-corrected chi connectivity index (χ0v) is 14.3. The van der Waals surface area contributed by atoms with Crippen LogP contribution in [-0.2, 0) is 16.1 Å². The van der Waals surface area contributed by atoms with Gasteiger partial charge in [0, 0.05) is 0 Å². The van der Waals surface area contributed by atoms with Crippen molar-refractivity contribution in [2.75, 3.05) is 13.3 Å². The second kappa shape index (κ2) is 7.80. The highest BCUT2D eigenvalue weighted by Gasteiger charge is 2.42. The van der Waals surface area contributed by atoms with E-state index in [2.05, 4.69) is 0 Å². The summed E-state index contributed by atoms with van der Waals surface area (Å²) in [6.07, 6.45) is 0.416. The van der Waals surface area contributed by atoms with Gasteiger partial charge in [0.25, 0.3) is 0 Å². The molecule has 1 saturated heterocycles. The second-order valence-corrected chi connectivity index (χ2v) is 6.34. The van der Waals surface area contributed by atoms with Crippen molar-refractivity contribution >= 4 is 5.69 Å². The Labute approximate surface area is 152 Å². The highest BCUT2D eigenvalue weighted by molar-refractivity contribution is 5.21. The van der Waals surface area contributed by atoms with Crippen LogP contribution in [0.3, 0.4) is 0 Å². The van der Waals surface area contributed by atoms with E-state index in [-0.39, 0.29) is 26.1 Å². The molecule has 0 saturated carbocycles. The minimum Gasteiger partial charge on any atom is -0.374 e. The first-order chi connectivity index (χ1) is 12.9. The molecule has 2 atom stereocenters. The number of aromatic nitrogens is 2. The van der Waals surface area contributed by atoms with Gasteiger partial charge in [-0.15, -0.1) is 0 Å². The quantitative estimate of drug-likeness (QED) is 0.578. The molecule has 1 aliphatic rings. The lowest BCUT2D eigenvalue weighted by Gasteiger charge is -2.26. The number of H-pyrrole nitrogens is 1. The van der Waals surface area contributed by atoms with E-state index in [1.165, 1.54) is 0 Å². The number of benzene rings is 1. The molecule has 0 aliphatic carbocycles. The lowest BCUT2D eigenvalue weighted by molar-refractivity contribution is -0.387. The van der Waals surface area contributed by atoms with Gasteiger partial charge in [-0.3, -0.25) is 24.5 Å². The lowest BCUT2D eigenvalue weighted by Crippen LogP contribution is -2.39. The number of ether oxygens (including phenoxy) is 2. The number of nitro groups is 1. The summed E-state index contributed by atoms with van der Waals surface area (Å²) < 4.78 is 25.9. The first kappa shape index (κ1) is 18.9. The number of rotatable bonds is 7. The van der Waals surface area contributed by atoms with Crippen molar-refractivity contribution in [1.29, 1.82) is 0 Å². The van der Waals surface area contributed by atoms with Gasteiger partial charge in [-0.2, -0.15) is 0 Å². The Morgan fingerprint density at radius 2 is 2.11 bits per heavy atom. The molecule has 1 unspecified atom stereocenters. The van der Waals surface area contributed by atoms with E-state index in [1.54, 1.807) is 0 Å². The van der Waals surface area contributed by atoms with Crippen molar-refractivity contribution in [3.63, 3.8) is 0 Å². The van der Waals surface area contributed by atoms with Crippen LogP contribution >= 0.6 is 0 Å². The maximum atomic E-state index is 13.7. The van der Waals surface area contributed by atoms with Crippen LogP contribution in [0.5, 0.6) is 0 Å². The van der Waals surface area contributed by atoms with Gasteiger partial charge in [-0.25, -0.2) is 9.18 Å². The largest absolute Gasteiger partial charge is 0.374 e. The monoisotopic (exact) mass is 379 g/mol. The van der Waals surface area contributed by atoms with Crippen LogP contribution in [0.1, 0.15) is 24.6 Å². The van der Waals surface area contributed by atoms with Crippen LogP contribution in [0, 0.1) is 10.1 Å². The normalized spacial score (nSPS) is 22.0. The molecular formula is C17H18FN3O6. The highest BCUT2D eigenvalue weighted by Crippen LogP contribution is 2.36. The molecule has 2 heterocycles. The van der Waals surface area contributed by atoms with Crippen LogP contribution < -0.4 is 11.2 Å². The number of halogens is 1. The predicted molar refractivity (Wildman–Crippen MR) is 92.1 cm³/mol. The summed E-state index contributed by atoms with van der Waals surface area (Å²) in [5, 5.41) is 10.9. The lowest BCUT2D eigenvalue weighted by atomic mass is 10.0. The molecule has 144 valence electrons. The molecule has 0 spiro atoms. The topological polar surface area (TPSA) is 116 Å². The highest BCUT2D eigenvalue weighted by atomic mass is 19.1. The number of aromatic amines is 1. The summed E-state index contributed by atoms with van der Waals surface area (Å²) in [6.45, 7) is -0.589. The molecule has 9 nitrogen and oxygen atoms in total. The predicted octanol–water partition coefficient (Wildman–Crippen LogP) is 1.68. The molecule has 0 radical (unpaired) electrons. The molecule has 10 heteroatoms. The van der Waals surface area contributed by atoms with Crippen molar-refractivity contribution < 1.29 is 18.8 Å². The molecule has 1 aromatic carbocycles. The van der Waals surface area contributed by atoms with E-state index < -0.39 is 40.4 Å². The Hall–Kier alpha value is -2.85. The minimum atomic E-state index is -1.25. The van der Waals surface area contributed by atoms with E-state index in [0.717, 1.165) is 16.3 Å². The molecule has 1 aromatic heterocycles. The molecule has 3 rings (SSSR count). The SMILES string of the molecule is O=c1[nH]c(=O)n(C2CC[C@@](CF)(COCc3ccccc3)O2)cc1[N+](=O)[O-]. The van der Waals surface area contributed by atoms with E-state index in [1.807, 2.05) is 35.3 Å². The van der Waals surface area contributed by atoms with Crippen molar-refractivity contribution in [2.24, 2.45) is 0 Å². The van der Waals surface area contributed by atoms with Gasteiger partial charge in [0.1, 0.15) is 18.5 Å². The van der Waals surface area contributed by atoms with Gasteiger partial charge in [-0.05, 0) is 18.4 Å². The fraction of sp³-hybridized carbons (Fsp3) is 0.412. The summed E-state index contributed by atoms with van der Waals surface area (Å²) in [5.74, 6) is 0. The third-order valence-corrected chi connectivity index (χ3v) is 4.41. The summed E-state index contributed by atoms with van der Waals surface area (Å²) in [6, 6.07) is 9.35. The molecular weight excluding hydrogens is 361 g/mol. The molecule has 2 aromatic rings. The smallest absolute Gasteiger partial charge is 0.350 e. The number of nitrogens with zero attached hydrogens (tertiary/aromatic N) is 2. The average molecular weight is 379 g/mol. The number of nitrogens with one attached hydrogen (secondary N) is 1. The summed E-state index contributed by atoms with van der Waals surface area (Å²) in [4.78, 5) is 35.4. The van der Waals surface area contributed by atoms with Crippen LogP contribution in [0.4, 0.5) is 10.1 Å². The molecule has 0 amide bonds. The van der Waals surface area contributed by atoms with Crippen LogP contribution in [-0.4, -0.2) is 33.4 Å². The zero-order chi connectivity index (χ0) is 19.4. The standard InChI is InChI=1S/C17H18FN3O6/c18-10-17(11-26-9-12-4-2-1-3-5-12)7-6-14(27-17)20-8-13(21(24)25)15(22)19-16(20)23/h1-5,8,14H,6-7,9-11H2,(H,19,22,23)/t14?,17-/m1/s1. The first-order valence-corrected chi connectivity index (χ1v) is 8.29. The Balaban J connectivity index is 1.72. The maximum absolute atomic E-state index is 13.7. The molecule has 1 N–H and O–H groups in total. The van der Waals surface area contributed by atoms with Crippen molar-refractivity contribution in [3.8, 4) is 0 Å². The molecule has 1 aliphatic heterocycles. The third kappa shape index (κ3) is 4.12. The Bertz CT molecular complexity index is 928. The first-order valence-electron chi connectivity index (χ1n) is 8.29. The Morgan fingerprint density at radius 3 is 2.78 bits per heavy atom. The molecule has 27 heavy (non-hydrogen) atoms. The van der Waals surface area contributed by atoms with Crippen LogP contribution in [0.2, 0.25) is 0 Å². The Morgan fingerprint density at radius 1 is 1.37 bits per heavy atom. The molecule has 1 fully saturated rings. The minimum absolute atomic E-state index is 0.0326. The van der Waals surface area contributed by atoms with Gasteiger partial charge < -0.3 is 9.47 Å². The van der Waals surface area contributed by atoms with Crippen LogP contribution in [0.25, 0.3) is 0 Å². The van der Waals surface area contributed by atoms with Gasteiger partial charge in [0.05, 0.1) is 24.3 Å². The van der Waals surface area contributed by atoms with Gasteiger partial charge in [0.2, 0.25) is 0 Å². The fourth-order valence-corrected chi connectivity index (χ4v) is 2.98. The second-order valence-electron chi connectivity index (χ2n) is 6.34. The van der Waals surface area contributed by atoms with Crippen molar-refractivity contribution in [2.45, 2.75) is 31.3 Å². The number of hydrogen-bond acceptors (Lipinski definition) is 6. The van der Waals surface area contributed by atoms with Gasteiger partial charge in [0.15, 0.2) is 0 Å². The van der Waals surface area contributed by atoms with Gasteiger partial charge in [-0.1, -0.05) is 30.3 Å². The maximum Gasteiger partial charge on any atom is 0.350 e. The zero-order valence-electron chi connectivity index (χ0n) is 14.3. The van der Waals surface area contributed by atoms with E-state index in [9.17, 15) is 24.1 Å². The summed E-state index contributed by atoms with van der Waals surface area (Å²) >= 11 is 0. The average Bonchev–Trinajstić information content (AvgIpc) is 3.07. The van der Waals surface area contributed by atoms with Crippen LogP contribution in [0.15, 0.2) is 46.1 Å². The van der Waals surface area contributed by atoms with Crippen molar-refractivity contribution in [1.82, 2.24) is 9.55 Å². The van der Waals surface area contributed by atoms with E-state index in [0.29, 0.717) is 0 Å². The van der Waals surface area contributed by atoms with E-state index >= 15 is 0 Å².